The third-order valence-electron chi connectivity index (χ3n) is 5.81. The van der Waals surface area contributed by atoms with Crippen LogP contribution in [0.25, 0.3) is 22.4 Å². The molecule has 0 bridgehead atoms. The molecule has 1 saturated heterocycles. The number of hydrogen-bond donors (Lipinski definition) is 2. The van der Waals surface area contributed by atoms with E-state index in [1.54, 1.807) is 18.3 Å². The van der Waals surface area contributed by atoms with Crippen LogP contribution in [0, 0.1) is 5.41 Å². The Bertz CT molecular complexity index is 1100. The van der Waals surface area contributed by atoms with E-state index in [-0.39, 0.29) is 22.7 Å². The quantitative estimate of drug-likeness (QED) is 0.655. The van der Waals surface area contributed by atoms with E-state index in [0.29, 0.717) is 36.5 Å². The van der Waals surface area contributed by atoms with Crippen molar-refractivity contribution in [2.24, 2.45) is 5.41 Å². The highest BCUT2D eigenvalue weighted by Crippen LogP contribution is 2.39. The van der Waals surface area contributed by atoms with Gasteiger partial charge in [0.1, 0.15) is 17.2 Å². The average molecular weight is 432 g/mol. The van der Waals surface area contributed by atoms with Crippen molar-refractivity contribution in [1.29, 1.82) is 0 Å². The molecule has 0 saturated carbocycles. The first kappa shape index (κ1) is 21.1. The van der Waals surface area contributed by atoms with Crippen LogP contribution in [0.3, 0.4) is 0 Å². The monoisotopic (exact) mass is 432 g/mol. The van der Waals surface area contributed by atoms with Gasteiger partial charge in [0.2, 0.25) is 5.91 Å². The number of anilines is 1. The van der Waals surface area contributed by atoms with E-state index in [9.17, 15) is 18.0 Å². The third-order valence-corrected chi connectivity index (χ3v) is 5.81. The molecule has 3 aromatic rings. The lowest BCUT2D eigenvalue weighted by Gasteiger charge is -2.40. The minimum atomic E-state index is -4.56. The highest BCUT2D eigenvalue weighted by Gasteiger charge is 2.37. The SMILES string of the molecule is CC(=O)NCC1(C)CCN(c2ccc(C(F)(F)F)c(-c3n[nH]c4ncccc34)n2)CC1. The Hall–Kier alpha value is -3.17. The average Bonchev–Trinajstić information content (AvgIpc) is 3.16. The van der Waals surface area contributed by atoms with Gasteiger partial charge in [0.05, 0.1) is 5.56 Å². The first-order valence-electron chi connectivity index (χ1n) is 10.0. The lowest BCUT2D eigenvalue weighted by molar-refractivity contribution is -0.137. The van der Waals surface area contributed by atoms with Gasteiger partial charge in [-0.2, -0.15) is 18.3 Å². The van der Waals surface area contributed by atoms with Crippen LogP contribution in [0.2, 0.25) is 0 Å². The van der Waals surface area contributed by atoms with Gasteiger partial charge in [0.15, 0.2) is 5.65 Å². The Kier molecular flexibility index (Phi) is 5.32. The molecule has 31 heavy (non-hydrogen) atoms. The summed E-state index contributed by atoms with van der Waals surface area (Å²) >= 11 is 0. The molecule has 1 aliphatic heterocycles. The van der Waals surface area contributed by atoms with Gasteiger partial charge >= 0.3 is 6.18 Å². The molecule has 0 spiro atoms. The van der Waals surface area contributed by atoms with Crippen molar-refractivity contribution in [2.45, 2.75) is 32.9 Å². The van der Waals surface area contributed by atoms with Crippen LogP contribution in [-0.2, 0) is 11.0 Å². The molecular weight excluding hydrogens is 409 g/mol. The minimum absolute atomic E-state index is 0.0546. The van der Waals surface area contributed by atoms with Gasteiger partial charge in [-0.15, -0.1) is 0 Å². The fraction of sp³-hybridized carbons (Fsp3) is 0.429. The summed E-state index contributed by atoms with van der Waals surface area (Å²) < 4.78 is 41.2. The zero-order valence-electron chi connectivity index (χ0n) is 17.3. The second-order valence-electron chi connectivity index (χ2n) is 8.24. The van der Waals surface area contributed by atoms with Crippen LogP contribution in [0.1, 0.15) is 32.3 Å². The maximum atomic E-state index is 13.7. The molecule has 2 N–H and O–H groups in total. The van der Waals surface area contributed by atoms with E-state index in [4.69, 9.17) is 0 Å². The van der Waals surface area contributed by atoms with Crippen molar-refractivity contribution in [2.75, 3.05) is 24.5 Å². The molecule has 4 rings (SSSR count). The van der Waals surface area contributed by atoms with E-state index in [0.717, 1.165) is 18.9 Å². The van der Waals surface area contributed by atoms with Gasteiger partial charge in [-0.05, 0) is 42.5 Å². The number of fused-ring (bicyclic) bond motifs is 1. The van der Waals surface area contributed by atoms with Crippen molar-refractivity contribution in [3.63, 3.8) is 0 Å². The molecule has 1 aliphatic rings. The molecule has 10 heteroatoms. The Morgan fingerprint density at radius 1 is 1.23 bits per heavy atom. The fourth-order valence-electron chi connectivity index (χ4n) is 3.86. The van der Waals surface area contributed by atoms with Crippen molar-refractivity contribution < 1.29 is 18.0 Å². The topological polar surface area (TPSA) is 86.8 Å². The standard InChI is InChI=1S/C21H23F3N6O/c1-13(31)26-12-20(2)7-10-30(11-8-20)16-6-5-15(21(22,23)24)18(27-16)17-14-4-3-9-25-19(14)29-28-17/h3-6,9H,7-8,10-12H2,1-2H3,(H,26,31)(H,25,28,29). The second kappa shape index (κ2) is 7.82. The summed E-state index contributed by atoms with van der Waals surface area (Å²) in [5, 5.41) is 10.1. The molecule has 0 radical (unpaired) electrons. The molecule has 0 aliphatic carbocycles. The molecule has 0 aromatic carbocycles. The number of hydrogen-bond acceptors (Lipinski definition) is 5. The van der Waals surface area contributed by atoms with E-state index in [1.165, 1.54) is 13.0 Å². The van der Waals surface area contributed by atoms with E-state index in [2.05, 4.69) is 32.4 Å². The second-order valence-corrected chi connectivity index (χ2v) is 8.24. The van der Waals surface area contributed by atoms with Crippen molar-refractivity contribution in [3.05, 3.63) is 36.0 Å². The molecular formula is C21H23F3N6O. The van der Waals surface area contributed by atoms with E-state index < -0.39 is 11.7 Å². The molecule has 164 valence electrons. The molecule has 0 atom stereocenters. The summed E-state index contributed by atoms with van der Waals surface area (Å²) in [6.45, 7) is 5.44. The number of pyridine rings is 2. The summed E-state index contributed by atoms with van der Waals surface area (Å²) in [4.78, 5) is 21.7. The van der Waals surface area contributed by atoms with Gasteiger partial charge < -0.3 is 10.2 Å². The van der Waals surface area contributed by atoms with E-state index >= 15 is 0 Å². The number of carbonyl (C=O) groups excluding carboxylic acids is 1. The molecule has 7 nitrogen and oxygen atoms in total. The Morgan fingerprint density at radius 3 is 2.65 bits per heavy atom. The maximum absolute atomic E-state index is 13.7. The van der Waals surface area contributed by atoms with Crippen molar-refractivity contribution >= 4 is 22.8 Å². The predicted octanol–water partition coefficient (Wildman–Crippen LogP) is 3.78. The van der Waals surface area contributed by atoms with Crippen LogP contribution in [0.5, 0.6) is 0 Å². The fourth-order valence-corrected chi connectivity index (χ4v) is 3.86. The number of halogens is 3. The van der Waals surface area contributed by atoms with Gasteiger partial charge in [-0.25, -0.2) is 9.97 Å². The molecule has 3 aromatic heterocycles. The molecule has 1 fully saturated rings. The first-order chi connectivity index (χ1) is 14.7. The summed E-state index contributed by atoms with van der Waals surface area (Å²) in [5.74, 6) is 0.406. The number of amides is 1. The van der Waals surface area contributed by atoms with Crippen molar-refractivity contribution in [3.8, 4) is 11.4 Å². The molecule has 1 amide bonds. The molecule has 4 heterocycles. The number of rotatable bonds is 4. The third kappa shape index (κ3) is 4.33. The number of piperidine rings is 1. The lowest BCUT2D eigenvalue weighted by atomic mass is 9.80. The summed E-state index contributed by atoms with van der Waals surface area (Å²) in [6.07, 6.45) is -1.43. The number of alkyl halides is 3. The van der Waals surface area contributed by atoms with Crippen molar-refractivity contribution in [1.82, 2.24) is 25.5 Å². The van der Waals surface area contributed by atoms with Gasteiger partial charge in [-0.3, -0.25) is 9.89 Å². The van der Waals surface area contributed by atoms with Gasteiger partial charge in [-0.1, -0.05) is 6.92 Å². The minimum Gasteiger partial charge on any atom is -0.357 e. The summed E-state index contributed by atoms with van der Waals surface area (Å²) in [5.41, 5.74) is -0.563. The largest absolute Gasteiger partial charge is 0.418 e. The number of carbonyl (C=O) groups is 1. The number of nitrogens with zero attached hydrogens (tertiary/aromatic N) is 4. The van der Waals surface area contributed by atoms with Gasteiger partial charge in [0, 0.05) is 38.1 Å². The summed E-state index contributed by atoms with van der Waals surface area (Å²) in [6, 6.07) is 5.80. The highest BCUT2D eigenvalue weighted by molar-refractivity contribution is 5.90. The zero-order chi connectivity index (χ0) is 22.2. The zero-order valence-corrected chi connectivity index (χ0v) is 17.3. The number of aromatic amines is 1. The Labute approximate surface area is 177 Å². The Balaban J connectivity index is 1.65. The Morgan fingerprint density at radius 2 is 1.97 bits per heavy atom. The highest BCUT2D eigenvalue weighted by atomic mass is 19.4. The first-order valence-corrected chi connectivity index (χ1v) is 10.0. The van der Waals surface area contributed by atoms with Crippen LogP contribution < -0.4 is 10.2 Å². The number of aromatic nitrogens is 4. The van der Waals surface area contributed by atoms with Crippen LogP contribution in [0.15, 0.2) is 30.5 Å². The normalized spacial score (nSPS) is 16.5. The smallest absolute Gasteiger partial charge is 0.357 e. The van der Waals surface area contributed by atoms with Gasteiger partial charge in [0.25, 0.3) is 0 Å². The van der Waals surface area contributed by atoms with E-state index in [1.807, 2.05) is 4.90 Å². The van der Waals surface area contributed by atoms with Crippen LogP contribution in [0.4, 0.5) is 19.0 Å². The predicted molar refractivity (Wildman–Crippen MR) is 110 cm³/mol. The lowest BCUT2D eigenvalue weighted by Crippen LogP contribution is -2.44. The maximum Gasteiger partial charge on any atom is 0.418 e. The van der Waals surface area contributed by atoms with Crippen LogP contribution in [-0.4, -0.2) is 45.7 Å². The molecule has 0 unspecified atom stereocenters. The van der Waals surface area contributed by atoms with Crippen LogP contribution >= 0.6 is 0 Å². The number of H-pyrrole nitrogens is 1. The number of nitrogens with one attached hydrogen (secondary N) is 2. The summed E-state index contributed by atoms with van der Waals surface area (Å²) in [7, 11) is 0.